The van der Waals surface area contributed by atoms with Crippen LogP contribution in [0.25, 0.3) is 0 Å². The molecule has 1 aliphatic carbocycles. The first kappa shape index (κ1) is 14.4. The number of hydrogen-bond acceptors (Lipinski definition) is 2. The second-order valence-electron chi connectivity index (χ2n) is 4.64. The molecule has 0 heterocycles. The van der Waals surface area contributed by atoms with Gasteiger partial charge in [-0.1, -0.05) is 45.1 Å². The average molecular weight is 277 g/mol. The van der Waals surface area contributed by atoms with Crippen LogP contribution in [0.1, 0.15) is 20.8 Å². The van der Waals surface area contributed by atoms with E-state index in [4.69, 9.17) is 5.11 Å². The van der Waals surface area contributed by atoms with Gasteiger partial charge in [0.2, 0.25) is 0 Å². The van der Waals surface area contributed by atoms with Crippen LogP contribution in [0.4, 0.5) is 0 Å². The molecule has 0 aromatic carbocycles. The lowest BCUT2D eigenvalue weighted by atomic mass is 9.67. The number of carboxylic acid groups (broad SMARTS) is 1. The Morgan fingerprint density at radius 3 is 2.20 bits per heavy atom. The Morgan fingerprint density at radius 2 is 1.87 bits per heavy atom. The molecule has 0 spiro atoms. The van der Waals surface area contributed by atoms with E-state index in [2.05, 4.69) is 0 Å². The number of carbonyl (C=O) groups is 1. The third-order valence-electron chi connectivity index (χ3n) is 2.71. The lowest BCUT2D eigenvalue weighted by Gasteiger charge is -2.42. The molecule has 0 radical (unpaired) electrons. The summed E-state index contributed by atoms with van der Waals surface area (Å²) >= 11 is 0. The highest BCUT2D eigenvalue weighted by Gasteiger charge is 2.47. The van der Waals surface area contributed by atoms with E-state index in [1.54, 1.807) is 18.2 Å². The Hall–Kier alpha value is -0.610. The summed E-state index contributed by atoms with van der Waals surface area (Å²) in [4.78, 5) is 11.0. The number of halogens is 1. The molecule has 2 atom stereocenters. The number of allylic oxidation sites excluding steroid dienone is 2. The number of aliphatic hydroxyl groups is 1. The van der Waals surface area contributed by atoms with Gasteiger partial charge in [-0.2, -0.15) is 0 Å². The zero-order valence-corrected chi connectivity index (χ0v) is 10.8. The first-order chi connectivity index (χ1) is 6.29. The molecule has 0 aromatic heterocycles. The molecule has 0 saturated heterocycles. The van der Waals surface area contributed by atoms with Gasteiger partial charge in [-0.25, -0.2) is 0 Å². The van der Waals surface area contributed by atoms with Gasteiger partial charge in [0, 0.05) is 0 Å². The summed E-state index contributed by atoms with van der Waals surface area (Å²) in [7, 11) is 0. The molecule has 1 rings (SSSR count). The molecule has 2 unspecified atom stereocenters. The third kappa shape index (κ3) is 2.49. The smallest absolute Gasteiger partial charge is 0.313 e. The SMILES string of the molecule is Br.CC(C)(C)C1(O)C=CC=CC1C(=O)O. The van der Waals surface area contributed by atoms with Gasteiger partial charge in [0.05, 0.1) is 0 Å². The van der Waals surface area contributed by atoms with Crippen LogP contribution in [0.2, 0.25) is 0 Å². The minimum Gasteiger partial charge on any atom is -0.481 e. The highest BCUT2D eigenvalue weighted by Crippen LogP contribution is 2.40. The van der Waals surface area contributed by atoms with Crippen molar-refractivity contribution in [3.63, 3.8) is 0 Å². The highest BCUT2D eigenvalue weighted by molar-refractivity contribution is 8.93. The highest BCUT2D eigenvalue weighted by atomic mass is 79.9. The Morgan fingerprint density at radius 1 is 1.33 bits per heavy atom. The van der Waals surface area contributed by atoms with Crippen LogP contribution in [-0.4, -0.2) is 21.8 Å². The standard InChI is InChI=1S/C11H16O3.BrH/c1-10(2,3)11(14)7-5-4-6-8(11)9(12)13;/h4-8,14H,1-3H3,(H,12,13);1H. The number of rotatable bonds is 1. The summed E-state index contributed by atoms with van der Waals surface area (Å²) in [5, 5.41) is 19.3. The molecule has 0 aromatic rings. The van der Waals surface area contributed by atoms with Gasteiger partial charge in [0.1, 0.15) is 11.5 Å². The van der Waals surface area contributed by atoms with Crippen LogP contribution in [-0.2, 0) is 4.79 Å². The monoisotopic (exact) mass is 276 g/mol. The topological polar surface area (TPSA) is 57.5 Å². The van der Waals surface area contributed by atoms with Crippen molar-refractivity contribution in [2.75, 3.05) is 0 Å². The molecule has 0 bridgehead atoms. The lowest BCUT2D eigenvalue weighted by Crippen LogP contribution is -2.50. The maximum Gasteiger partial charge on any atom is 0.313 e. The Bertz CT molecular complexity index is 301. The Kier molecular flexibility index (Phi) is 4.31. The van der Waals surface area contributed by atoms with E-state index < -0.39 is 22.9 Å². The summed E-state index contributed by atoms with van der Waals surface area (Å²) in [6.45, 7) is 5.48. The lowest BCUT2D eigenvalue weighted by molar-refractivity contribution is -0.152. The van der Waals surface area contributed by atoms with Crippen molar-refractivity contribution in [2.45, 2.75) is 26.4 Å². The van der Waals surface area contributed by atoms with E-state index in [1.807, 2.05) is 20.8 Å². The molecule has 0 saturated carbocycles. The normalized spacial score (nSPS) is 29.7. The minimum absolute atomic E-state index is 0. The second-order valence-corrected chi connectivity index (χ2v) is 4.64. The summed E-state index contributed by atoms with van der Waals surface area (Å²) < 4.78 is 0. The molecule has 4 heteroatoms. The van der Waals surface area contributed by atoms with Gasteiger partial charge >= 0.3 is 5.97 Å². The quantitative estimate of drug-likeness (QED) is 0.772. The summed E-state index contributed by atoms with van der Waals surface area (Å²) in [5.41, 5.74) is -1.81. The van der Waals surface area contributed by atoms with E-state index in [9.17, 15) is 9.90 Å². The van der Waals surface area contributed by atoms with Crippen molar-refractivity contribution in [3.8, 4) is 0 Å². The van der Waals surface area contributed by atoms with E-state index in [0.29, 0.717) is 0 Å². The molecular formula is C11H17BrO3. The minimum atomic E-state index is -1.31. The van der Waals surface area contributed by atoms with Gasteiger partial charge in [0.15, 0.2) is 0 Å². The first-order valence-corrected chi connectivity index (χ1v) is 4.60. The maximum absolute atomic E-state index is 11.0. The maximum atomic E-state index is 11.0. The van der Waals surface area contributed by atoms with Crippen LogP contribution >= 0.6 is 17.0 Å². The molecule has 2 N–H and O–H groups in total. The fourth-order valence-corrected chi connectivity index (χ4v) is 1.61. The Balaban J connectivity index is 0.00000196. The fraction of sp³-hybridized carbons (Fsp3) is 0.545. The summed E-state index contributed by atoms with van der Waals surface area (Å²) in [6.07, 6.45) is 6.42. The summed E-state index contributed by atoms with van der Waals surface area (Å²) in [5.74, 6) is -1.87. The van der Waals surface area contributed by atoms with Crippen LogP contribution in [0.5, 0.6) is 0 Å². The van der Waals surface area contributed by atoms with Crippen molar-refractivity contribution in [2.24, 2.45) is 11.3 Å². The molecular weight excluding hydrogens is 260 g/mol. The van der Waals surface area contributed by atoms with Crippen LogP contribution in [0.3, 0.4) is 0 Å². The molecule has 1 aliphatic rings. The zero-order chi connectivity index (χ0) is 11.0. The van der Waals surface area contributed by atoms with Crippen molar-refractivity contribution in [1.82, 2.24) is 0 Å². The molecule has 0 amide bonds. The van der Waals surface area contributed by atoms with Gasteiger partial charge < -0.3 is 10.2 Å². The van der Waals surface area contributed by atoms with Gasteiger partial charge in [-0.3, -0.25) is 4.79 Å². The molecule has 15 heavy (non-hydrogen) atoms. The van der Waals surface area contributed by atoms with Crippen molar-refractivity contribution < 1.29 is 15.0 Å². The fourth-order valence-electron chi connectivity index (χ4n) is 1.61. The first-order valence-electron chi connectivity index (χ1n) is 4.60. The van der Waals surface area contributed by atoms with Crippen LogP contribution < -0.4 is 0 Å². The predicted molar refractivity (Wildman–Crippen MR) is 64.1 cm³/mol. The third-order valence-corrected chi connectivity index (χ3v) is 2.71. The molecule has 0 aliphatic heterocycles. The molecule has 3 nitrogen and oxygen atoms in total. The van der Waals surface area contributed by atoms with E-state index in [-0.39, 0.29) is 17.0 Å². The van der Waals surface area contributed by atoms with Crippen molar-refractivity contribution >= 4 is 23.0 Å². The number of hydrogen-bond donors (Lipinski definition) is 2. The van der Waals surface area contributed by atoms with E-state index in [1.165, 1.54) is 6.08 Å². The van der Waals surface area contributed by atoms with Crippen molar-refractivity contribution in [3.05, 3.63) is 24.3 Å². The summed E-state index contributed by atoms with van der Waals surface area (Å²) in [6, 6.07) is 0. The van der Waals surface area contributed by atoms with Crippen LogP contribution in [0.15, 0.2) is 24.3 Å². The van der Waals surface area contributed by atoms with Crippen LogP contribution in [0, 0.1) is 11.3 Å². The molecule has 0 fully saturated rings. The largest absolute Gasteiger partial charge is 0.481 e. The average Bonchev–Trinajstić information content (AvgIpc) is 2.02. The number of aliphatic carboxylic acids is 1. The Labute approximate surface area is 100 Å². The van der Waals surface area contributed by atoms with Crippen molar-refractivity contribution in [1.29, 1.82) is 0 Å². The zero-order valence-electron chi connectivity index (χ0n) is 9.10. The van der Waals surface area contributed by atoms with E-state index in [0.717, 1.165) is 0 Å². The molecule has 86 valence electrons. The second kappa shape index (κ2) is 4.49. The van der Waals surface area contributed by atoms with Gasteiger partial charge in [-0.15, -0.1) is 17.0 Å². The van der Waals surface area contributed by atoms with Gasteiger partial charge in [0.25, 0.3) is 0 Å². The van der Waals surface area contributed by atoms with Gasteiger partial charge in [-0.05, 0) is 5.41 Å². The van der Waals surface area contributed by atoms with E-state index >= 15 is 0 Å². The predicted octanol–water partition coefficient (Wildman–Crippen LogP) is 2.17. The number of carboxylic acids is 1.